The molecule has 1 N–H and O–H groups in total. The van der Waals surface area contributed by atoms with Crippen molar-refractivity contribution in [3.05, 3.63) is 46.5 Å². The summed E-state index contributed by atoms with van der Waals surface area (Å²) in [6.45, 7) is 0. The van der Waals surface area contributed by atoms with Crippen molar-refractivity contribution in [3.63, 3.8) is 0 Å². The number of ether oxygens (including phenoxy) is 2. The molecule has 2 aromatic carbocycles. The van der Waals surface area contributed by atoms with E-state index in [0.717, 1.165) is 11.3 Å². The number of amides is 1. The Labute approximate surface area is 169 Å². The zero-order valence-electron chi connectivity index (χ0n) is 15.2. The third-order valence-electron chi connectivity index (χ3n) is 3.86. The number of hydrogen-bond donors (Lipinski definition) is 1. The van der Waals surface area contributed by atoms with Gasteiger partial charge >= 0.3 is 0 Å². The number of carbonyl (C=O) groups excluding carboxylic acids is 1. The second-order valence-corrected chi connectivity index (χ2v) is 8.77. The van der Waals surface area contributed by atoms with Crippen LogP contribution in [-0.2, 0) is 14.6 Å². The molecule has 0 saturated heterocycles. The molecule has 0 spiro atoms. The molecule has 3 rings (SSSR count). The van der Waals surface area contributed by atoms with Crippen LogP contribution in [0.3, 0.4) is 0 Å². The van der Waals surface area contributed by atoms with Crippen LogP contribution in [0, 0.1) is 10.1 Å². The largest absolute Gasteiger partial charge is 0.497 e. The first-order chi connectivity index (χ1) is 13.7. The molecule has 152 valence electrons. The van der Waals surface area contributed by atoms with Gasteiger partial charge in [-0.05, 0) is 24.3 Å². The molecule has 1 amide bonds. The monoisotopic (exact) mass is 437 g/mol. The van der Waals surface area contributed by atoms with E-state index in [-0.39, 0.29) is 21.5 Å². The van der Waals surface area contributed by atoms with E-state index in [1.807, 2.05) is 0 Å². The molecule has 0 saturated carbocycles. The quantitative estimate of drug-likeness (QED) is 0.440. The average molecular weight is 437 g/mol. The third-order valence-corrected chi connectivity index (χ3v) is 6.41. The van der Waals surface area contributed by atoms with Crippen molar-refractivity contribution in [1.29, 1.82) is 0 Å². The number of aromatic nitrogens is 1. The summed E-state index contributed by atoms with van der Waals surface area (Å²) < 4.78 is 35.3. The highest BCUT2D eigenvalue weighted by Crippen LogP contribution is 2.36. The summed E-state index contributed by atoms with van der Waals surface area (Å²) in [5.41, 5.74) is 0.148. The van der Waals surface area contributed by atoms with Crippen molar-refractivity contribution in [1.82, 2.24) is 4.98 Å². The number of methoxy groups -OCH3 is 2. The van der Waals surface area contributed by atoms with E-state index in [9.17, 15) is 23.3 Å². The van der Waals surface area contributed by atoms with Gasteiger partial charge in [0.05, 0.1) is 34.8 Å². The lowest BCUT2D eigenvalue weighted by atomic mass is 10.3. The zero-order valence-corrected chi connectivity index (χ0v) is 16.9. The van der Waals surface area contributed by atoms with E-state index in [0.29, 0.717) is 16.0 Å². The first kappa shape index (κ1) is 20.5. The molecule has 0 atom stereocenters. The minimum Gasteiger partial charge on any atom is -0.497 e. The Kier molecular flexibility index (Phi) is 5.66. The van der Waals surface area contributed by atoms with E-state index in [4.69, 9.17) is 9.47 Å². The zero-order chi connectivity index (χ0) is 21.2. The van der Waals surface area contributed by atoms with Gasteiger partial charge in [0.2, 0.25) is 5.91 Å². The normalized spacial score (nSPS) is 11.2. The maximum atomic E-state index is 12.4. The highest BCUT2D eigenvalue weighted by molar-refractivity contribution is 7.92. The molecule has 1 heterocycles. The molecule has 0 radical (unpaired) electrons. The maximum absolute atomic E-state index is 12.4. The molecule has 0 aliphatic heterocycles. The van der Waals surface area contributed by atoms with Crippen LogP contribution in [0.4, 0.5) is 10.8 Å². The topological polar surface area (TPSA) is 138 Å². The molecule has 3 aromatic rings. The van der Waals surface area contributed by atoms with Gasteiger partial charge in [-0.25, -0.2) is 13.4 Å². The van der Waals surface area contributed by atoms with Crippen LogP contribution in [0.5, 0.6) is 11.5 Å². The number of thiazole rings is 1. The molecule has 0 unspecified atom stereocenters. The summed E-state index contributed by atoms with van der Waals surface area (Å²) in [6.07, 6.45) is 0. The fraction of sp³-hybridized carbons (Fsp3) is 0.176. The minimum atomic E-state index is -3.87. The fourth-order valence-electron chi connectivity index (χ4n) is 2.49. The predicted octanol–water partition coefficient (Wildman–Crippen LogP) is 2.63. The van der Waals surface area contributed by atoms with E-state index in [2.05, 4.69) is 10.3 Å². The Morgan fingerprint density at radius 3 is 2.48 bits per heavy atom. The van der Waals surface area contributed by atoms with Gasteiger partial charge in [-0.15, -0.1) is 0 Å². The molecule has 1 aromatic heterocycles. The number of carbonyl (C=O) groups is 1. The number of nitro groups is 1. The molecule has 29 heavy (non-hydrogen) atoms. The summed E-state index contributed by atoms with van der Waals surface area (Å²) in [5.74, 6) is -0.900. The van der Waals surface area contributed by atoms with E-state index in [1.165, 1.54) is 50.6 Å². The lowest BCUT2D eigenvalue weighted by Crippen LogP contribution is -2.22. The van der Waals surface area contributed by atoms with Gasteiger partial charge in [0.15, 0.2) is 20.7 Å². The Morgan fingerprint density at radius 1 is 1.21 bits per heavy atom. The fourth-order valence-corrected chi connectivity index (χ4v) is 4.56. The number of fused-ring (bicyclic) bond motifs is 1. The molecule has 0 fully saturated rings. The molecular weight excluding hydrogens is 422 g/mol. The van der Waals surface area contributed by atoms with Gasteiger partial charge in [-0.3, -0.25) is 14.9 Å². The molecule has 0 bridgehead atoms. The first-order valence-electron chi connectivity index (χ1n) is 8.03. The van der Waals surface area contributed by atoms with E-state index < -0.39 is 26.4 Å². The number of hydrogen-bond acceptors (Lipinski definition) is 9. The van der Waals surface area contributed by atoms with Crippen LogP contribution in [0.25, 0.3) is 10.2 Å². The Balaban J connectivity index is 1.81. The van der Waals surface area contributed by atoms with Crippen LogP contribution >= 0.6 is 11.3 Å². The molecule has 0 aliphatic carbocycles. The van der Waals surface area contributed by atoms with Crippen LogP contribution in [-0.4, -0.2) is 44.2 Å². The molecule has 12 heteroatoms. The highest BCUT2D eigenvalue weighted by atomic mass is 32.2. The van der Waals surface area contributed by atoms with Gasteiger partial charge in [0.1, 0.15) is 17.0 Å². The SMILES string of the molecule is COc1ccc(S(=O)(=O)CC(=O)Nc2nc3c(OC)cc([N+](=O)[O-])cc3s2)cc1. The van der Waals surface area contributed by atoms with Crippen LogP contribution in [0.1, 0.15) is 0 Å². The number of nitro benzene ring substituents is 1. The maximum Gasteiger partial charge on any atom is 0.274 e. The van der Waals surface area contributed by atoms with Gasteiger partial charge in [-0.2, -0.15) is 0 Å². The van der Waals surface area contributed by atoms with Crippen LogP contribution in [0.2, 0.25) is 0 Å². The van der Waals surface area contributed by atoms with Gasteiger partial charge < -0.3 is 14.8 Å². The number of nitrogens with one attached hydrogen (secondary N) is 1. The Bertz CT molecular complexity index is 1190. The average Bonchev–Trinajstić information content (AvgIpc) is 3.08. The second kappa shape index (κ2) is 8.01. The standard InChI is InChI=1S/C17H15N3O7S2/c1-26-11-3-5-12(6-4-11)29(24,25)9-15(21)18-17-19-16-13(27-2)7-10(20(22)23)8-14(16)28-17/h3-8H,9H2,1-2H3,(H,18,19,21). The Hall–Kier alpha value is -3.25. The number of nitrogens with zero attached hydrogens (tertiary/aromatic N) is 2. The van der Waals surface area contributed by atoms with Crippen molar-refractivity contribution < 1.29 is 27.6 Å². The highest BCUT2D eigenvalue weighted by Gasteiger charge is 2.22. The number of benzene rings is 2. The number of rotatable bonds is 7. The summed E-state index contributed by atoms with van der Waals surface area (Å²) in [6, 6.07) is 8.20. The van der Waals surface area contributed by atoms with Crippen molar-refractivity contribution in [3.8, 4) is 11.5 Å². The van der Waals surface area contributed by atoms with E-state index >= 15 is 0 Å². The first-order valence-corrected chi connectivity index (χ1v) is 10.5. The Morgan fingerprint density at radius 2 is 1.90 bits per heavy atom. The second-order valence-electron chi connectivity index (χ2n) is 5.75. The molecular formula is C17H15N3O7S2. The molecule has 10 nitrogen and oxygen atoms in total. The van der Waals surface area contributed by atoms with Crippen LogP contribution < -0.4 is 14.8 Å². The lowest BCUT2D eigenvalue weighted by molar-refractivity contribution is -0.384. The smallest absolute Gasteiger partial charge is 0.274 e. The van der Waals surface area contributed by atoms with Crippen molar-refractivity contribution >= 4 is 48.1 Å². The molecule has 0 aliphatic rings. The van der Waals surface area contributed by atoms with Gasteiger partial charge in [-0.1, -0.05) is 11.3 Å². The summed E-state index contributed by atoms with van der Waals surface area (Å²) >= 11 is 0.975. The van der Waals surface area contributed by atoms with E-state index in [1.54, 1.807) is 0 Å². The predicted molar refractivity (Wildman–Crippen MR) is 107 cm³/mol. The minimum absolute atomic E-state index is 0.0185. The number of non-ortho nitro benzene ring substituents is 1. The van der Waals surface area contributed by atoms with Gasteiger partial charge in [0, 0.05) is 6.07 Å². The number of sulfone groups is 1. The third kappa shape index (κ3) is 4.43. The van der Waals surface area contributed by atoms with Crippen molar-refractivity contribution in [2.75, 3.05) is 25.3 Å². The van der Waals surface area contributed by atoms with Gasteiger partial charge in [0.25, 0.3) is 5.69 Å². The van der Waals surface area contributed by atoms with Crippen molar-refractivity contribution in [2.45, 2.75) is 4.90 Å². The summed E-state index contributed by atoms with van der Waals surface area (Å²) in [5, 5.41) is 13.5. The summed E-state index contributed by atoms with van der Waals surface area (Å²) in [7, 11) is -1.07. The van der Waals surface area contributed by atoms with Crippen molar-refractivity contribution in [2.24, 2.45) is 0 Å². The lowest BCUT2D eigenvalue weighted by Gasteiger charge is -2.05. The summed E-state index contributed by atoms with van der Waals surface area (Å²) in [4.78, 5) is 26.9. The number of anilines is 1. The van der Waals surface area contributed by atoms with Crippen LogP contribution in [0.15, 0.2) is 41.3 Å².